The fourth-order valence-corrected chi connectivity index (χ4v) is 2.97. The average Bonchev–Trinajstić information content (AvgIpc) is 3.08. The van der Waals surface area contributed by atoms with Crippen molar-refractivity contribution in [2.45, 2.75) is 12.8 Å². The van der Waals surface area contributed by atoms with Crippen LogP contribution in [0.1, 0.15) is 23.2 Å². The lowest BCUT2D eigenvalue weighted by Gasteiger charge is -2.10. The lowest BCUT2D eigenvalue weighted by Crippen LogP contribution is -2.27. The van der Waals surface area contributed by atoms with Gasteiger partial charge >= 0.3 is 0 Å². The lowest BCUT2D eigenvalue weighted by molar-refractivity contribution is 0.0947. The Kier molecular flexibility index (Phi) is 6.91. The highest BCUT2D eigenvalue weighted by atomic mass is 35.5. The smallest absolute Gasteiger partial charge is 0.254 e. The van der Waals surface area contributed by atoms with Gasteiger partial charge in [0, 0.05) is 6.54 Å². The van der Waals surface area contributed by atoms with E-state index in [1.807, 2.05) is 0 Å². The van der Waals surface area contributed by atoms with Crippen LogP contribution in [0.5, 0.6) is 0 Å². The van der Waals surface area contributed by atoms with Crippen LogP contribution < -0.4 is 10.6 Å². The van der Waals surface area contributed by atoms with Gasteiger partial charge in [0.25, 0.3) is 5.91 Å². The Morgan fingerprint density at radius 2 is 1.84 bits per heavy atom. The molecule has 2 aromatic carbocycles. The number of carbonyl (C=O) groups excluding carboxylic acids is 1. The predicted octanol–water partition coefficient (Wildman–Crippen LogP) is 3.78. The molecule has 2 N–H and O–H groups in total. The van der Waals surface area contributed by atoms with Crippen LogP contribution in [-0.2, 0) is 0 Å². The molecule has 0 spiro atoms. The van der Waals surface area contributed by atoms with E-state index in [-0.39, 0.29) is 23.8 Å². The van der Waals surface area contributed by atoms with Gasteiger partial charge < -0.3 is 10.6 Å². The van der Waals surface area contributed by atoms with Gasteiger partial charge in [-0.2, -0.15) is 0 Å². The summed E-state index contributed by atoms with van der Waals surface area (Å²) in [6.45, 7) is 2.55. The summed E-state index contributed by atoms with van der Waals surface area (Å²) < 4.78 is 27.2. The van der Waals surface area contributed by atoms with Crippen molar-refractivity contribution in [3.8, 4) is 11.1 Å². The minimum absolute atomic E-state index is 0. The first-order chi connectivity index (χ1) is 11.6. The second-order valence-corrected chi connectivity index (χ2v) is 6.10. The normalized spacial score (nSPS) is 16.3. The number of hydrogen-bond donors (Lipinski definition) is 2. The molecule has 3 rings (SSSR count). The first kappa shape index (κ1) is 19.3. The molecule has 25 heavy (non-hydrogen) atoms. The molecule has 6 heteroatoms. The van der Waals surface area contributed by atoms with Gasteiger partial charge in [0.05, 0.1) is 5.56 Å². The molecular formula is C19H21ClF2N2O. The predicted molar refractivity (Wildman–Crippen MR) is 97.0 cm³/mol. The molecule has 1 saturated heterocycles. The van der Waals surface area contributed by atoms with E-state index in [0.29, 0.717) is 23.6 Å². The van der Waals surface area contributed by atoms with Gasteiger partial charge in [-0.25, -0.2) is 8.78 Å². The molecule has 0 radical (unpaired) electrons. The monoisotopic (exact) mass is 366 g/mol. The first-order valence-corrected chi connectivity index (χ1v) is 8.18. The number of benzene rings is 2. The van der Waals surface area contributed by atoms with E-state index in [2.05, 4.69) is 10.6 Å². The Labute approximate surface area is 152 Å². The summed E-state index contributed by atoms with van der Waals surface area (Å²) in [6, 6.07) is 10.3. The van der Waals surface area contributed by atoms with Crippen molar-refractivity contribution in [1.82, 2.24) is 10.6 Å². The molecule has 0 bridgehead atoms. The molecule has 0 aliphatic carbocycles. The maximum absolute atomic E-state index is 14.2. The highest BCUT2D eigenvalue weighted by molar-refractivity contribution is 5.95. The third-order valence-electron chi connectivity index (χ3n) is 4.39. The van der Waals surface area contributed by atoms with Crippen molar-refractivity contribution in [3.05, 3.63) is 59.7 Å². The van der Waals surface area contributed by atoms with E-state index in [1.165, 1.54) is 24.3 Å². The Morgan fingerprint density at radius 1 is 1.12 bits per heavy atom. The third kappa shape index (κ3) is 5.00. The van der Waals surface area contributed by atoms with Crippen LogP contribution in [0.4, 0.5) is 8.78 Å². The van der Waals surface area contributed by atoms with Gasteiger partial charge in [0.2, 0.25) is 0 Å². The Balaban J connectivity index is 0.00000225. The molecule has 1 unspecified atom stereocenters. The van der Waals surface area contributed by atoms with E-state index in [4.69, 9.17) is 0 Å². The van der Waals surface area contributed by atoms with Crippen LogP contribution in [0, 0.1) is 17.6 Å². The number of hydrogen-bond acceptors (Lipinski definition) is 2. The lowest BCUT2D eigenvalue weighted by atomic mass is 10.0. The number of halogens is 3. The topological polar surface area (TPSA) is 41.1 Å². The van der Waals surface area contributed by atoms with E-state index in [0.717, 1.165) is 25.9 Å². The second kappa shape index (κ2) is 8.92. The fraction of sp³-hybridized carbons (Fsp3) is 0.316. The summed E-state index contributed by atoms with van der Waals surface area (Å²) in [5, 5.41) is 6.06. The zero-order chi connectivity index (χ0) is 16.9. The maximum atomic E-state index is 14.2. The van der Waals surface area contributed by atoms with Gasteiger partial charge in [-0.15, -0.1) is 12.4 Å². The third-order valence-corrected chi connectivity index (χ3v) is 4.39. The van der Waals surface area contributed by atoms with Crippen molar-refractivity contribution in [2.24, 2.45) is 5.92 Å². The Morgan fingerprint density at radius 3 is 2.48 bits per heavy atom. The number of nitrogens with one attached hydrogen (secondary N) is 2. The summed E-state index contributed by atoms with van der Waals surface area (Å²) in [5.41, 5.74) is 1.35. The van der Waals surface area contributed by atoms with Crippen molar-refractivity contribution in [3.63, 3.8) is 0 Å². The van der Waals surface area contributed by atoms with E-state index in [1.54, 1.807) is 18.2 Å². The molecule has 1 aliphatic rings. The van der Waals surface area contributed by atoms with E-state index >= 15 is 0 Å². The van der Waals surface area contributed by atoms with Crippen LogP contribution in [0.3, 0.4) is 0 Å². The molecule has 1 amide bonds. The summed E-state index contributed by atoms with van der Waals surface area (Å²) >= 11 is 0. The van der Waals surface area contributed by atoms with Gasteiger partial charge in [-0.3, -0.25) is 4.79 Å². The summed E-state index contributed by atoms with van der Waals surface area (Å²) in [7, 11) is 0. The van der Waals surface area contributed by atoms with Crippen molar-refractivity contribution in [1.29, 1.82) is 0 Å². The summed E-state index contributed by atoms with van der Waals surface area (Å²) in [4.78, 5) is 12.1. The van der Waals surface area contributed by atoms with Crippen LogP contribution >= 0.6 is 12.4 Å². The van der Waals surface area contributed by atoms with Crippen LogP contribution in [0.25, 0.3) is 11.1 Å². The molecule has 1 aliphatic heterocycles. The zero-order valence-corrected chi connectivity index (χ0v) is 14.5. The molecule has 0 aromatic heterocycles. The minimum atomic E-state index is -0.572. The maximum Gasteiger partial charge on any atom is 0.254 e. The zero-order valence-electron chi connectivity index (χ0n) is 13.7. The minimum Gasteiger partial charge on any atom is -0.352 e. The highest BCUT2D eigenvalue weighted by Gasteiger charge is 2.16. The highest BCUT2D eigenvalue weighted by Crippen LogP contribution is 2.22. The Hall–Kier alpha value is -1.98. The molecule has 134 valence electrons. The van der Waals surface area contributed by atoms with Crippen LogP contribution in [0.15, 0.2) is 42.5 Å². The first-order valence-electron chi connectivity index (χ1n) is 8.18. The molecule has 1 heterocycles. The number of amides is 1. The largest absolute Gasteiger partial charge is 0.352 e. The SMILES string of the molecule is Cl.O=C(NCCC1CCNC1)c1ccc(-c2ccc(F)cc2)cc1F. The average molecular weight is 367 g/mol. The van der Waals surface area contributed by atoms with Gasteiger partial charge in [-0.1, -0.05) is 18.2 Å². The molecule has 3 nitrogen and oxygen atoms in total. The molecule has 0 saturated carbocycles. The van der Waals surface area contributed by atoms with Crippen molar-refractivity contribution >= 4 is 18.3 Å². The van der Waals surface area contributed by atoms with E-state index < -0.39 is 11.7 Å². The molecule has 2 aromatic rings. The van der Waals surface area contributed by atoms with Crippen LogP contribution in [0.2, 0.25) is 0 Å². The number of carbonyl (C=O) groups is 1. The van der Waals surface area contributed by atoms with E-state index in [9.17, 15) is 13.6 Å². The quantitative estimate of drug-likeness (QED) is 0.845. The molecular weight excluding hydrogens is 346 g/mol. The summed E-state index contributed by atoms with van der Waals surface area (Å²) in [6.07, 6.45) is 2.02. The van der Waals surface area contributed by atoms with Gasteiger partial charge in [0.1, 0.15) is 11.6 Å². The fourth-order valence-electron chi connectivity index (χ4n) is 2.97. The van der Waals surface area contributed by atoms with Crippen molar-refractivity contribution in [2.75, 3.05) is 19.6 Å². The molecule has 1 atom stereocenters. The number of rotatable bonds is 5. The van der Waals surface area contributed by atoms with Crippen molar-refractivity contribution < 1.29 is 13.6 Å². The standard InChI is InChI=1S/C19H20F2N2O.ClH/c20-16-4-1-14(2-5-16)15-3-6-17(18(21)11-15)19(24)23-10-8-13-7-9-22-12-13;/h1-6,11,13,22H,7-10,12H2,(H,23,24);1H. The summed E-state index contributed by atoms with van der Waals surface area (Å²) in [5.74, 6) is -0.732. The second-order valence-electron chi connectivity index (χ2n) is 6.10. The van der Waals surface area contributed by atoms with Gasteiger partial charge in [0.15, 0.2) is 0 Å². The Bertz CT molecular complexity index is 716. The van der Waals surface area contributed by atoms with Crippen LogP contribution in [-0.4, -0.2) is 25.5 Å². The van der Waals surface area contributed by atoms with Gasteiger partial charge in [-0.05, 0) is 67.2 Å². The molecule has 1 fully saturated rings.